The van der Waals surface area contributed by atoms with Crippen LogP contribution in [0.2, 0.25) is 0 Å². The lowest BCUT2D eigenvalue weighted by Crippen LogP contribution is -2.51. The van der Waals surface area contributed by atoms with Crippen molar-refractivity contribution >= 4 is 0 Å². The summed E-state index contributed by atoms with van der Waals surface area (Å²) in [6.07, 6.45) is 1.44. The second kappa shape index (κ2) is 5.78. The van der Waals surface area contributed by atoms with Gasteiger partial charge >= 0.3 is 6.18 Å². The first-order valence-corrected chi connectivity index (χ1v) is 6.88. The van der Waals surface area contributed by atoms with Gasteiger partial charge < -0.3 is 10.1 Å². The number of methoxy groups -OCH3 is 1. The summed E-state index contributed by atoms with van der Waals surface area (Å²) < 4.78 is 44.3. The van der Waals surface area contributed by atoms with Gasteiger partial charge in [-0.25, -0.2) is 0 Å². The van der Waals surface area contributed by atoms with E-state index in [2.05, 4.69) is 5.32 Å². The molecule has 0 saturated heterocycles. The SMILES string of the molecule is COC1CCCC1NC1CCCCC1C(F)(F)F. The largest absolute Gasteiger partial charge is 0.393 e. The number of rotatable bonds is 3. The molecule has 2 rings (SSSR count). The zero-order chi connectivity index (χ0) is 13.2. The lowest BCUT2D eigenvalue weighted by Gasteiger charge is -2.36. The maximum atomic E-state index is 13.0. The molecule has 18 heavy (non-hydrogen) atoms. The standard InChI is InChI=1S/C13H22F3NO/c1-18-12-8-4-7-11(12)17-10-6-3-2-5-9(10)13(14,15)16/h9-12,17H,2-8H2,1H3. The zero-order valence-corrected chi connectivity index (χ0v) is 10.8. The van der Waals surface area contributed by atoms with Crippen molar-refractivity contribution in [2.75, 3.05) is 7.11 Å². The summed E-state index contributed by atoms with van der Waals surface area (Å²) in [6.45, 7) is 0. The van der Waals surface area contributed by atoms with E-state index in [9.17, 15) is 13.2 Å². The van der Waals surface area contributed by atoms with Crippen molar-refractivity contribution in [3.8, 4) is 0 Å². The Balaban J connectivity index is 1.97. The van der Waals surface area contributed by atoms with E-state index in [0.717, 1.165) is 25.7 Å². The number of halogens is 3. The molecule has 2 aliphatic rings. The Hall–Kier alpha value is -0.290. The van der Waals surface area contributed by atoms with E-state index in [1.807, 2.05) is 0 Å². The molecule has 5 heteroatoms. The highest BCUT2D eigenvalue weighted by Crippen LogP contribution is 2.38. The van der Waals surface area contributed by atoms with Crippen LogP contribution >= 0.6 is 0 Å². The van der Waals surface area contributed by atoms with Crippen LogP contribution in [0, 0.1) is 5.92 Å². The van der Waals surface area contributed by atoms with E-state index in [-0.39, 0.29) is 18.6 Å². The average Bonchev–Trinajstić information content (AvgIpc) is 2.75. The van der Waals surface area contributed by atoms with Crippen LogP contribution in [0.25, 0.3) is 0 Å². The monoisotopic (exact) mass is 265 g/mol. The molecule has 0 aromatic carbocycles. The van der Waals surface area contributed by atoms with E-state index < -0.39 is 18.1 Å². The maximum absolute atomic E-state index is 13.0. The summed E-state index contributed by atoms with van der Waals surface area (Å²) in [5.41, 5.74) is 0. The topological polar surface area (TPSA) is 21.3 Å². The molecule has 4 atom stereocenters. The van der Waals surface area contributed by atoms with E-state index >= 15 is 0 Å². The predicted octanol–water partition coefficient (Wildman–Crippen LogP) is 3.26. The van der Waals surface area contributed by atoms with Crippen molar-refractivity contribution < 1.29 is 17.9 Å². The smallest absolute Gasteiger partial charge is 0.380 e. The molecule has 2 fully saturated rings. The number of ether oxygens (including phenoxy) is 1. The van der Waals surface area contributed by atoms with E-state index in [0.29, 0.717) is 12.8 Å². The Bertz CT molecular complexity index is 269. The molecule has 2 nitrogen and oxygen atoms in total. The first-order valence-electron chi connectivity index (χ1n) is 6.88. The number of alkyl halides is 3. The Labute approximate surface area is 106 Å². The molecule has 0 heterocycles. The number of hydrogen-bond donors (Lipinski definition) is 1. The molecule has 0 radical (unpaired) electrons. The first kappa shape index (κ1) is 14.1. The van der Waals surface area contributed by atoms with Gasteiger partial charge in [0, 0.05) is 19.2 Å². The molecule has 2 aliphatic carbocycles. The normalized spacial score (nSPS) is 38.0. The maximum Gasteiger partial charge on any atom is 0.393 e. The lowest BCUT2D eigenvalue weighted by atomic mass is 9.83. The third kappa shape index (κ3) is 3.18. The van der Waals surface area contributed by atoms with Gasteiger partial charge in [-0.3, -0.25) is 0 Å². The molecule has 0 aromatic rings. The molecule has 0 amide bonds. The second-order valence-electron chi connectivity index (χ2n) is 5.52. The van der Waals surface area contributed by atoms with Gasteiger partial charge in [-0.2, -0.15) is 13.2 Å². The average molecular weight is 265 g/mol. The quantitative estimate of drug-likeness (QED) is 0.845. The Morgan fingerprint density at radius 1 is 0.944 bits per heavy atom. The summed E-state index contributed by atoms with van der Waals surface area (Å²) in [6, 6.07) is -0.317. The third-order valence-corrected chi connectivity index (χ3v) is 4.37. The van der Waals surface area contributed by atoms with Gasteiger partial charge in [-0.1, -0.05) is 12.8 Å². The first-order chi connectivity index (χ1) is 8.52. The molecule has 1 N–H and O–H groups in total. The molecule has 0 aromatic heterocycles. The van der Waals surface area contributed by atoms with Gasteiger partial charge in [0.15, 0.2) is 0 Å². The Morgan fingerprint density at radius 2 is 1.61 bits per heavy atom. The number of hydrogen-bond acceptors (Lipinski definition) is 2. The van der Waals surface area contributed by atoms with Crippen molar-refractivity contribution in [3.63, 3.8) is 0 Å². The summed E-state index contributed by atoms with van der Waals surface area (Å²) >= 11 is 0. The molecule has 0 aliphatic heterocycles. The van der Waals surface area contributed by atoms with Crippen molar-refractivity contribution in [2.45, 2.75) is 69.3 Å². The summed E-state index contributed by atoms with van der Waals surface area (Å²) in [5, 5.41) is 3.23. The summed E-state index contributed by atoms with van der Waals surface area (Å²) in [4.78, 5) is 0. The Kier molecular flexibility index (Phi) is 4.54. The van der Waals surface area contributed by atoms with Gasteiger partial charge in [0.2, 0.25) is 0 Å². The second-order valence-corrected chi connectivity index (χ2v) is 5.52. The fourth-order valence-corrected chi connectivity index (χ4v) is 3.40. The van der Waals surface area contributed by atoms with Crippen LogP contribution in [0.15, 0.2) is 0 Å². The minimum absolute atomic E-state index is 0.0841. The van der Waals surface area contributed by atoms with Crippen LogP contribution in [0.3, 0.4) is 0 Å². The van der Waals surface area contributed by atoms with Gasteiger partial charge in [-0.05, 0) is 32.1 Å². The van der Waals surface area contributed by atoms with Crippen molar-refractivity contribution in [3.05, 3.63) is 0 Å². The van der Waals surface area contributed by atoms with Crippen LogP contribution in [0.4, 0.5) is 13.2 Å². The minimum atomic E-state index is -4.07. The highest BCUT2D eigenvalue weighted by Gasteiger charge is 2.46. The summed E-state index contributed by atoms with van der Waals surface area (Å²) in [5.74, 6) is -1.18. The van der Waals surface area contributed by atoms with Gasteiger partial charge in [0.05, 0.1) is 12.0 Å². The minimum Gasteiger partial charge on any atom is -0.380 e. The molecular formula is C13H22F3NO. The van der Waals surface area contributed by atoms with E-state index in [1.54, 1.807) is 7.11 Å². The fraction of sp³-hybridized carbons (Fsp3) is 1.00. The molecule has 0 spiro atoms. The molecule has 0 bridgehead atoms. The Morgan fingerprint density at radius 3 is 2.28 bits per heavy atom. The highest BCUT2D eigenvalue weighted by atomic mass is 19.4. The van der Waals surface area contributed by atoms with E-state index in [4.69, 9.17) is 4.74 Å². The van der Waals surface area contributed by atoms with Gasteiger partial charge in [0.1, 0.15) is 0 Å². The number of nitrogens with one attached hydrogen (secondary N) is 1. The lowest BCUT2D eigenvalue weighted by molar-refractivity contribution is -0.190. The van der Waals surface area contributed by atoms with Crippen molar-refractivity contribution in [1.29, 1.82) is 0 Å². The molecular weight excluding hydrogens is 243 g/mol. The molecule has 106 valence electrons. The summed E-state index contributed by atoms with van der Waals surface area (Å²) in [7, 11) is 1.65. The van der Waals surface area contributed by atoms with E-state index in [1.165, 1.54) is 0 Å². The fourth-order valence-electron chi connectivity index (χ4n) is 3.40. The van der Waals surface area contributed by atoms with Crippen LogP contribution < -0.4 is 5.32 Å². The van der Waals surface area contributed by atoms with Crippen LogP contribution in [0.1, 0.15) is 44.9 Å². The third-order valence-electron chi connectivity index (χ3n) is 4.37. The van der Waals surface area contributed by atoms with Crippen molar-refractivity contribution in [1.82, 2.24) is 5.32 Å². The van der Waals surface area contributed by atoms with Gasteiger partial charge in [0.25, 0.3) is 0 Å². The zero-order valence-electron chi connectivity index (χ0n) is 10.8. The van der Waals surface area contributed by atoms with Crippen molar-refractivity contribution in [2.24, 2.45) is 5.92 Å². The van der Waals surface area contributed by atoms with Gasteiger partial charge in [-0.15, -0.1) is 0 Å². The van der Waals surface area contributed by atoms with Crippen LogP contribution in [0.5, 0.6) is 0 Å². The molecule has 2 saturated carbocycles. The molecule has 4 unspecified atom stereocenters. The van der Waals surface area contributed by atoms with Crippen LogP contribution in [-0.2, 0) is 4.74 Å². The van der Waals surface area contributed by atoms with Crippen LogP contribution in [-0.4, -0.2) is 31.5 Å². The predicted molar refractivity (Wildman–Crippen MR) is 63.4 cm³/mol. The highest BCUT2D eigenvalue weighted by molar-refractivity contribution is 4.92.